The van der Waals surface area contributed by atoms with Crippen molar-refractivity contribution in [2.45, 2.75) is 25.8 Å². The lowest BCUT2D eigenvalue weighted by Gasteiger charge is -2.41. The first kappa shape index (κ1) is 13.8. The zero-order valence-electron chi connectivity index (χ0n) is 10.7. The molecule has 1 saturated heterocycles. The molecule has 4 heteroatoms. The van der Waals surface area contributed by atoms with Crippen LogP contribution >= 0.6 is 27.7 Å². The summed E-state index contributed by atoms with van der Waals surface area (Å²) in [6.07, 6.45) is 0.880. The number of benzene rings is 1. The van der Waals surface area contributed by atoms with Crippen molar-refractivity contribution in [1.29, 1.82) is 5.26 Å². The van der Waals surface area contributed by atoms with Crippen molar-refractivity contribution in [2.24, 2.45) is 5.41 Å². The molecule has 2 rings (SSSR count). The lowest BCUT2D eigenvalue weighted by Crippen LogP contribution is -2.47. The van der Waals surface area contributed by atoms with Crippen LogP contribution in [-0.4, -0.2) is 17.0 Å². The second-order valence-corrected chi connectivity index (χ2v) is 7.47. The fourth-order valence-electron chi connectivity index (χ4n) is 2.42. The number of nitrogens with one attached hydrogen (secondary N) is 1. The highest BCUT2D eigenvalue weighted by Gasteiger charge is 2.41. The SMILES string of the molecule is CC1(C)CSCC(C#N)(Nc2ccccc2Br)C1. The molecular formula is C14H17BrN2S. The maximum absolute atomic E-state index is 9.58. The summed E-state index contributed by atoms with van der Waals surface area (Å²) >= 11 is 5.38. The van der Waals surface area contributed by atoms with E-state index in [2.05, 4.69) is 41.2 Å². The number of hydrogen-bond acceptors (Lipinski definition) is 3. The first-order valence-electron chi connectivity index (χ1n) is 5.98. The number of para-hydroxylation sites is 1. The molecule has 2 nitrogen and oxygen atoms in total. The van der Waals surface area contributed by atoms with Crippen molar-refractivity contribution in [1.82, 2.24) is 0 Å². The molecule has 1 aromatic carbocycles. The van der Waals surface area contributed by atoms with Gasteiger partial charge >= 0.3 is 0 Å². The fraction of sp³-hybridized carbons (Fsp3) is 0.500. The first-order chi connectivity index (χ1) is 8.46. The van der Waals surface area contributed by atoms with Gasteiger partial charge in [-0.3, -0.25) is 0 Å². The Balaban J connectivity index is 2.24. The molecule has 1 N–H and O–H groups in total. The highest BCUT2D eigenvalue weighted by Crippen LogP contribution is 2.41. The summed E-state index contributed by atoms with van der Waals surface area (Å²) in [7, 11) is 0. The Hall–Kier alpha value is -0.660. The van der Waals surface area contributed by atoms with Crippen molar-refractivity contribution >= 4 is 33.4 Å². The van der Waals surface area contributed by atoms with Crippen LogP contribution in [0.3, 0.4) is 0 Å². The molecule has 18 heavy (non-hydrogen) atoms. The smallest absolute Gasteiger partial charge is 0.135 e. The van der Waals surface area contributed by atoms with Gasteiger partial charge in [-0.15, -0.1) is 0 Å². The van der Waals surface area contributed by atoms with E-state index in [4.69, 9.17) is 0 Å². The Bertz CT molecular complexity index is 481. The molecule has 1 aliphatic heterocycles. The minimum Gasteiger partial charge on any atom is -0.366 e. The van der Waals surface area contributed by atoms with E-state index in [1.165, 1.54) is 0 Å². The average Bonchev–Trinajstić information content (AvgIpc) is 2.31. The predicted molar refractivity (Wildman–Crippen MR) is 81.8 cm³/mol. The summed E-state index contributed by atoms with van der Waals surface area (Å²) in [5, 5.41) is 13.0. The number of thioether (sulfide) groups is 1. The Morgan fingerprint density at radius 2 is 2.06 bits per heavy atom. The average molecular weight is 325 g/mol. The van der Waals surface area contributed by atoms with Gasteiger partial charge in [-0.2, -0.15) is 17.0 Å². The normalized spacial score (nSPS) is 26.3. The maximum Gasteiger partial charge on any atom is 0.135 e. The second kappa shape index (κ2) is 5.14. The number of nitrogens with zero attached hydrogens (tertiary/aromatic N) is 1. The van der Waals surface area contributed by atoms with Crippen LogP contribution in [0.25, 0.3) is 0 Å². The highest BCUT2D eigenvalue weighted by molar-refractivity contribution is 9.10. The zero-order chi connectivity index (χ0) is 13.2. The van der Waals surface area contributed by atoms with Crippen molar-refractivity contribution in [3.05, 3.63) is 28.7 Å². The van der Waals surface area contributed by atoms with E-state index in [1.54, 1.807) is 0 Å². The number of nitriles is 1. The number of rotatable bonds is 2. The van der Waals surface area contributed by atoms with Gasteiger partial charge in [0.1, 0.15) is 5.54 Å². The second-order valence-electron chi connectivity index (χ2n) is 5.63. The number of halogens is 1. The Morgan fingerprint density at radius 3 is 2.67 bits per heavy atom. The third-order valence-corrected chi connectivity index (χ3v) is 5.46. The lowest BCUT2D eigenvalue weighted by molar-refractivity contribution is 0.324. The van der Waals surface area contributed by atoms with Gasteiger partial charge in [-0.1, -0.05) is 26.0 Å². The van der Waals surface area contributed by atoms with Gasteiger partial charge in [-0.25, -0.2) is 0 Å². The largest absolute Gasteiger partial charge is 0.366 e. The molecule has 0 bridgehead atoms. The van der Waals surface area contributed by atoms with Crippen LogP contribution in [0.2, 0.25) is 0 Å². The van der Waals surface area contributed by atoms with Crippen molar-refractivity contribution in [3.8, 4) is 6.07 Å². The van der Waals surface area contributed by atoms with E-state index in [1.807, 2.05) is 36.0 Å². The molecule has 0 aromatic heterocycles. The first-order valence-corrected chi connectivity index (χ1v) is 7.93. The molecule has 1 heterocycles. The quantitative estimate of drug-likeness (QED) is 0.881. The molecule has 1 aromatic rings. The summed E-state index contributed by atoms with van der Waals surface area (Å²) in [4.78, 5) is 0. The van der Waals surface area contributed by atoms with Gasteiger partial charge in [0.05, 0.1) is 6.07 Å². The van der Waals surface area contributed by atoms with E-state index < -0.39 is 5.54 Å². The van der Waals surface area contributed by atoms with Gasteiger partial charge in [0.2, 0.25) is 0 Å². The molecule has 0 amide bonds. The third-order valence-electron chi connectivity index (χ3n) is 3.08. The summed E-state index contributed by atoms with van der Waals surface area (Å²) in [5.41, 5.74) is 0.737. The maximum atomic E-state index is 9.58. The molecule has 1 atom stereocenters. The predicted octanol–water partition coefficient (Wildman–Crippen LogP) is 4.29. The van der Waals surface area contributed by atoms with Gasteiger partial charge in [0, 0.05) is 15.9 Å². The van der Waals surface area contributed by atoms with Gasteiger partial charge in [-0.05, 0) is 45.7 Å². The van der Waals surface area contributed by atoms with Crippen LogP contribution in [0.15, 0.2) is 28.7 Å². The molecule has 96 valence electrons. The zero-order valence-corrected chi connectivity index (χ0v) is 13.1. The fourth-order valence-corrected chi connectivity index (χ4v) is 4.15. The van der Waals surface area contributed by atoms with E-state index in [0.29, 0.717) is 0 Å². The van der Waals surface area contributed by atoms with E-state index >= 15 is 0 Å². The van der Waals surface area contributed by atoms with Crippen LogP contribution < -0.4 is 5.32 Å². The van der Waals surface area contributed by atoms with Gasteiger partial charge in [0.25, 0.3) is 0 Å². The number of hydrogen-bond donors (Lipinski definition) is 1. The van der Waals surface area contributed by atoms with Crippen molar-refractivity contribution in [2.75, 3.05) is 16.8 Å². The van der Waals surface area contributed by atoms with Crippen molar-refractivity contribution < 1.29 is 0 Å². The Labute approximate surface area is 121 Å². The van der Waals surface area contributed by atoms with Crippen molar-refractivity contribution in [3.63, 3.8) is 0 Å². The number of anilines is 1. The third kappa shape index (κ3) is 3.02. The summed E-state index contributed by atoms with van der Waals surface area (Å²) in [6, 6.07) is 10.5. The summed E-state index contributed by atoms with van der Waals surface area (Å²) < 4.78 is 1.01. The van der Waals surface area contributed by atoms with E-state index in [-0.39, 0.29) is 5.41 Å². The highest BCUT2D eigenvalue weighted by atomic mass is 79.9. The lowest BCUT2D eigenvalue weighted by atomic mass is 9.80. The van der Waals surface area contributed by atoms with Crippen LogP contribution in [-0.2, 0) is 0 Å². The molecule has 1 unspecified atom stereocenters. The molecule has 1 aliphatic rings. The van der Waals surface area contributed by atoms with Crippen LogP contribution in [0.4, 0.5) is 5.69 Å². The molecule has 0 aliphatic carbocycles. The monoisotopic (exact) mass is 324 g/mol. The Kier molecular flexibility index (Phi) is 3.93. The van der Waals surface area contributed by atoms with E-state index in [0.717, 1.165) is 28.1 Å². The standard InChI is InChI=1S/C14H17BrN2S/c1-13(2)7-14(8-16,10-18-9-13)17-12-6-4-3-5-11(12)15/h3-6,17H,7,9-10H2,1-2H3. The summed E-state index contributed by atoms with van der Waals surface area (Å²) in [5.74, 6) is 1.96. The molecule has 1 fully saturated rings. The molecule has 0 saturated carbocycles. The van der Waals surface area contributed by atoms with E-state index in [9.17, 15) is 5.26 Å². The Morgan fingerprint density at radius 1 is 1.33 bits per heavy atom. The topological polar surface area (TPSA) is 35.8 Å². The minimum absolute atomic E-state index is 0.201. The molecular weight excluding hydrogens is 308 g/mol. The van der Waals surface area contributed by atoms with Crippen LogP contribution in [0.5, 0.6) is 0 Å². The minimum atomic E-state index is -0.462. The van der Waals surface area contributed by atoms with Gasteiger partial charge in [0.15, 0.2) is 0 Å². The summed E-state index contributed by atoms with van der Waals surface area (Å²) in [6.45, 7) is 4.46. The molecule has 0 radical (unpaired) electrons. The van der Waals surface area contributed by atoms with Gasteiger partial charge < -0.3 is 5.32 Å². The molecule has 0 spiro atoms. The van der Waals surface area contributed by atoms with Crippen LogP contribution in [0.1, 0.15) is 20.3 Å². The van der Waals surface area contributed by atoms with Crippen LogP contribution in [0, 0.1) is 16.7 Å².